The van der Waals surface area contributed by atoms with Crippen molar-refractivity contribution in [2.45, 2.75) is 58.5 Å². The number of hydrogen-bond acceptors (Lipinski definition) is 2. The van der Waals surface area contributed by atoms with Crippen LogP contribution in [-0.4, -0.2) is 21.1 Å². The Kier molecular flexibility index (Phi) is 4.30. The summed E-state index contributed by atoms with van der Waals surface area (Å²) in [7, 11) is -3.25. The Morgan fingerprint density at radius 1 is 0.735 bits per heavy atom. The molecule has 0 amide bonds. The van der Waals surface area contributed by atoms with Crippen LogP contribution in [0.2, 0.25) is 39.3 Å². The zero-order chi connectivity index (χ0) is 24.2. The summed E-state index contributed by atoms with van der Waals surface area (Å²) in [6.45, 7) is 19.2. The van der Waals surface area contributed by atoms with Crippen molar-refractivity contribution in [3.05, 3.63) is 65.9 Å². The highest BCUT2D eigenvalue weighted by Crippen LogP contribution is 2.50. The van der Waals surface area contributed by atoms with Crippen molar-refractivity contribution in [3.8, 4) is 11.3 Å². The highest BCUT2D eigenvalue weighted by molar-refractivity contribution is 6.91. The molecule has 0 saturated carbocycles. The molecule has 6 rings (SSSR count). The molecule has 0 fully saturated rings. The highest BCUT2D eigenvalue weighted by atomic mass is 28.3. The number of furan rings is 1. The topological polar surface area (TPSA) is 26.0 Å². The molecule has 172 valence electrons. The summed E-state index contributed by atoms with van der Waals surface area (Å²) in [5, 5.41) is 7.90. The Morgan fingerprint density at radius 3 is 2.03 bits per heavy atom. The largest absolute Gasteiger partial charge is 0.456 e. The van der Waals surface area contributed by atoms with Crippen molar-refractivity contribution in [1.29, 1.82) is 0 Å². The Morgan fingerprint density at radius 2 is 1.35 bits per heavy atom. The van der Waals surface area contributed by atoms with Gasteiger partial charge in [0.15, 0.2) is 0 Å². The zero-order valence-corrected chi connectivity index (χ0v) is 23.6. The van der Waals surface area contributed by atoms with Crippen LogP contribution in [0.1, 0.15) is 25.0 Å². The van der Waals surface area contributed by atoms with E-state index in [2.05, 4.69) is 102 Å². The van der Waals surface area contributed by atoms with Gasteiger partial charge in [-0.05, 0) is 26.9 Å². The lowest BCUT2D eigenvalue weighted by molar-refractivity contribution is 0.647. The maximum atomic E-state index is 6.96. The van der Waals surface area contributed by atoms with Crippen LogP contribution in [0.5, 0.6) is 0 Å². The van der Waals surface area contributed by atoms with E-state index >= 15 is 0 Å². The van der Waals surface area contributed by atoms with Crippen LogP contribution in [-0.2, 0) is 5.41 Å². The summed E-state index contributed by atoms with van der Waals surface area (Å²) in [6, 6.07) is 18.1. The summed E-state index contributed by atoms with van der Waals surface area (Å²) in [5.41, 5.74) is 7.00. The minimum Gasteiger partial charge on any atom is -0.456 e. The molecule has 0 aliphatic heterocycles. The van der Waals surface area contributed by atoms with E-state index in [9.17, 15) is 0 Å². The molecule has 0 unspecified atom stereocenters. The van der Waals surface area contributed by atoms with Crippen LogP contribution in [0, 0.1) is 0 Å². The number of rotatable bonds is 2. The van der Waals surface area contributed by atoms with Gasteiger partial charge in [-0.25, -0.2) is 0 Å². The van der Waals surface area contributed by atoms with E-state index in [1.807, 2.05) is 6.20 Å². The van der Waals surface area contributed by atoms with Gasteiger partial charge in [0.05, 0.1) is 21.8 Å². The van der Waals surface area contributed by atoms with Crippen molar-refractivity contribution in [2.24, 2.45) is 0 Å². The second-order valence-electron chi connectivity index (χ2n) is 12.5. The number of aromatic nitrogens is 1. The number of pyridine rings is 1. The second-order valence-corrected chi connectivity index (χ2v) is 22.6. The minimum absolute atomic E-state index is 0.214. The second kappa shape index (κ2) is 6.70. The molecular formula is C30H33NOSi2. The van der Waals surface area contributed by atoms with Gasteiger partial charge in [-0.2, -0.15) is 0 Å². The van der Waals surface area contributed by atoms with Crippen molar-refractivity contribution in [2.75, 3.05) is 0 Å². The summed E-state index contributed by atoms with van der Waals surface area (Å²) >= 11 is 0. The molecule has 1 aliphatic carbocycles. The van der Waals surface area contributed by atoms with Crippen LogP contribution in [0.4, 0.5) is 0 Å². The van der Waals surface area contributed by atoms with E-state index in [-0.39, 0.29) is 5.41 Å². The van der Waals surface area contributed by atoms with Crippen LogP contribution in [0.15, 0.2) is 59.1 Å². The average molecular weight is 480 g/mol. The number of hydrogen-bond donors (Lipinski definition) is 0. The summed E-state index contributed by atoms with van der Waals surface area (Å²) in [4.78, 5) is 5.12. The SMILES string of the molecule is CC1(C)c2c(ncc3ccccc23)-c2ccc([Si](C)(C)C)c3oc4c([Si](C)(C)C)ccc1c4c23. The average Bonchev–Trinajstić information content (AvgIpc) is 3.11. The molecule has 34 heavy (non-hydrogen) atoms. The molecule has 2 aromatic heterocycles. The summed E-state index contributed by atoms with van der Waals surface area (Å²) < 4.78 is 6.96. The molecule has 1 aliphatic rings. The molecular weight excluding hydrogens is 447 g/mol. The Balaban J connectivity index is 1.92. The number of nitrogens with zero attached hydrogens (tertiary/aromatic N) is 1. The van der Waals surface area contributed by atoms with Crippen molar-refractivity contribution < 1.29 is 4.42 Å². The van der Waals surface area contributed by atoms with E-state index < -0.39 is 16.1 Å². The van der Waals surface area contributed by atoms with Crippen molar-refractivity contribution >= 4 is 59.2 Å². The van der Waals surface area contributed by atoms with E-state index in [0.717, 1.165) is 16.9 Å². The predicted octanol–water partition coefficient (Wildman–Crippen LogP) is 7.53. The third-order valence-corrected chi connectivity index (χ3v) is 11.8. The van der Waals surface area contributed by atoms with Crippen molar-refractivity contribution in [3.63, 3.8) is 0 Å². The lowest BCUT2D eigenvalue weighted by Crippen LogP contribution is -2.38. The first-order valence-corrected chi connectivity index (χ1v) is 19.3. The Labute approximate surface area is 204 Å². The van der Waals surface area contributed by atoms with E-state index in [4.69, 9.17) is 9.40 Å². The minimum atomic E-state index is -1.63. The Hall–Kier alpha value is -2.70. The molecule has 4 heteroatoms. The smallest absolute Gasteiger partial charge is 0.135 e. The zero-order valence-electron chi connectivity index (χ0n) is 21.6. The van der Waals surface area contributed by atoms with Crippen molar-refractivity contribution in [1.82, 2.24) is 4.98 Å². The normalized spacial score (nSPS) is 15.3. The van der Waals surface area contributed by atoms with Gasteiger partial charge >= 0.3 is 0 Å². The molecule has 0 saturated heterocycles. The molecule has 0 radical (unpaired) electrons. The maximum Gasteiger partial charge on any atom is 0.135 e. The molecule has 2 nitrogen and oxygen atoms in total. The van der Waals surface area contributed by atoms with Gasteiger partial charge in [0.2, 0.25) is 0 Å². The highest BCUT2D eigenvalue weighted by Gasteiger charge is 2.38. The Bertz CT molecular complexity index is 1640. The fourth-order valence-electron chi connectivity index (χ4n) is 6.01. The third kappa shape index (κ3) is 2.82. The fourth-order valence-corrected chi connectivity index (χ4v) is 8.89. The molecule has 0 bridgehead atoms. The van der Waals surface area contributed by atoms with Gasteiger partial charge < -0.3 is 4.42 Å². The lowest BCUT2D eigenvalue weighted by Gasteiger charge is -2.30. The van der Waals surface area contributed by atoms with Crippen LogP contribution >= 0.6 is 0 Å². The number of benzene rings is 3. The first-order valence-electron chi connectivity index (χ1n) is 12.3. The quantitative estimate of drug-likeness (QED) is 0.245. The van der Waals surface area contributed by atoms with Gasteiger partial charge in [0, 0.05) is 33.3 Å². The number of fused-ring (bicyclic) bond motifs is 4. The lowest BCUT2D eigenvalue weighted by atomic mass is 9.75. The molecule has 0 atom stereocenters. The molecule has 5 aromatic rings. The van der Waals surface area contributed by atoms with Gasteiger partial charge in [-0.1, -0.05) is 102 Å². The molecule has 0 spiro atoms. The monoisotopic (exact) mass is 479 g/mol. The standard InChI is InChI=1S/C30H33NOSi2/c1-30(2)21-14-16-23(34(6,7)8)29-25(21)24-20(13-15-22(28(24)32-29)33(3,4)5)27-26(30)19-12-10-9-11-18(19)17-31-27/h9-17H,1-8H3. The summed E-state index contributed by atoms with van der Waals surface area (Å²) in [5.74, 6) is 0. The van der Waals surface area contributed by atoms with Gasteiger partial charge in [0.1, 0.15) is 11.2 Å². The maximum absolute atomic E-state index is 6.96. The van der Waals surface area contributed by atoms with E-state index in [1.165, 1.54) is 48.6 Å². The predicted molar refractivity (Wildman–Crippen MR) is 153 cm³/mol. The summed E-state index contributed by atoms with van der Waals surface area (Å²) in [6.07, 6.45) is 2.04. The third-order valence-electron chi connectivity index (χ3n) is 7.74. The van der Waals surface area contributed by atoms with Gasteiger partial charge in [0.25, 0.3) is 0 Å². The fraction of sp³-hybridized carbons (Fsp3) is 0.300. The molecule has 3 aromatic carbocycles. The molecule has 2 heterocycles. The van der Waals surface area contributed by atoms with Crippen LogP contribution in [0.3, 0.4) is 0 Å². The first kappa shape index (κ1) is 21.8. The van der Waals surface area contributed by atoms with Gasteiger partial charge in [-0.15, -0.1) is 0 Å². The van der Waals surface area contributed by atoms with Crippen LogP contribution in [0.25, 0.3) is 44.0 Å². The first-order chi connectivity index (χ1) is 15.9. The van der Waals surface area contributed by atoms with Crippen LogP contribution < -0.4 is 10.4 Å². The molecule has 0 N–H and O–H groups in total. The van der Waals surface area contributed by atoms with Gasteiger partial charge in [-0.3, -0.25) is 4.98 Å². The van der Waals surface area contributed by atoms with E-state index in [1.54, 1.807) is 0 Å². The van der Waals surface area contributed by atoms with E-state index in [0.29, 0.717) is 0 Å².